The summed E-state index contributed by atoms with van der Waals surface area (Å²) >= 11 is 0. The zero-order chi connectivity index (χ0) is 13.1. The number of nitrogen functional groups attached to an aromatic ring is 1. The largest absolute Gasteiger partial charge is 0.366 e. The average molecular weight is 252 g/mol. The fraction of sp³-hybridized carbons (Fsp3) is 0.600. The van der Waals surface area contributed by atoms with Crippen LogP contribution in [0.2, 0.25) is 0 Å². The Morgan fingerprint density at radius 1 is 1.67 bits per heavy atom. The van der Waals surface area contributed by atoms with E-state index in [9.17, 15) is 9.59 Å². The van der Waals surface area contributed by atoms with Crippen molar-refractivity contribution < 1.29 is 9.59 Å². The number of aromatic amines is 1. The van der Waals surface area contributed by atoms with E-state index in [0.717, 1.165) is 13.0 Å². The molecule has 0 aliphatic carbocycles. The number of likely N-dealkylation sites (tertiary alicyclic amines) is 1. The van der Waals surface area contributed by atoms with Gasteiger partial charge in [-0.2, -0.15) is 4.98 Å². The molecule has 0 radical (unpaired) electrons. The normalized spacial score (nSPS) is 19.3. The highest BCUT2D eigenvalue weighted by Crippen LogP contribution is 2.11. The van der Waals surface area contributed by atoms with Crippen LogP contribution < -0.4 is 11.1 Å². The molecule has 2 rings (SSSR count). The first-order valence-corrected chi connectivity index (χ1v) is 5.86. The molecular weight excluding hydrogens is 236 g/mol. The minimum atomic E-state index is -0.393. The molecule has 1 saturated heterocycles. The highest BCUT2D eigenvalue weighted by atomic mass is 16.2. The van der Waals surface area contributed by atoms with Crippen LogP contribution in [0.15, 0.2) is 0 Å². The number of anilines is 1. The number of nitrogens with one attached hydrogen (secondary N) is 2. The van der Waals surface area contributed by atoms with E-state index in [4.69, 9.17) is 5.73 Å². The summed E-state index contributed by atoms with van der Waals surface area (Å²) in [5.74, 6) is -0.237. The van der Waals surface area contributed by atoms with E-state index in [2.05, 4.69) is 20.5 Å². The van der Waals surface area contributed by atoms with Crippen molar-refractivity contribution in [2.75, 3.05) is 18.8 Å². The predicted octanol–water partition coefficient (Wildman–Crippen LogP) is -0.872. The van der Waals surface area contributed by atoms with Crippen molar-refractivity contribution in [2.45, 2.75) is 25.8 Å². The van der Waals surface area contributed by atoms with Gasteiger partial charge in [0.2, 0.25) is 17.7 Å². The van der Waals surface area contributed by atoms with Gasteiger partial charge in [0, 0.05) is 19.5 Å². The van der Waals surface area contributed by atoms with Gasteiger partial charge in [0.15, 0.2) is 0 Å². The lowest BCUT2D eigenvalue weighted by Gasteiger charge is -2.15. The van der Waals surface area contributed by atoms with Crippen LogP contribution in [-0.2, 0) is 4.79 Å². The number of hydrogen-bond donors (Lipinski definition) is 3. The SMILES string of the molecule is CCCN1C[C@@H](NC(=O)c2nc(N)n[nH]2)CC1=O. The first kappa shape index (κ1) is 12.3. The molecule has 2 heterocycles. The Balaban J connectivity index is 1.91. The summed E-state index contributed by atoms with van der Waals surface area (Å²) in [4.78, 5) is 28.8. The number of rotatable bonds is 4. The maximum atomic E-state index is 11.8. The minimum Gasteiger partial charge on any atom is -0.366 e. The van der Waals surface area contributed by atoms with Crippen molar-refractivity contribution in [3.8, 4) is 0 Å². The zero-order valence-electron chi connectivity index (χ0n) is 10.1. The second-order valence-electron chi connectivity index (χ2n) is 4.26. The molecule has 4 N–H and O–H groups in total. The number of H-pyrrole nitrogens is 1. The third kappa shape index (κ3) is 2.58. The molecule has 0 saturated carbocycles. The van der Waals surface area contributed by atoms with Gasteiger partial charge >= 0.3 is 0 Å². The van der Waals surface area contributed by atoms with Gasteiger partial charge in [-0.15, -0.1) is 5.10 Å². The fourth-order valence-electron chi connectivity index (χ4n) is 1.98. The van der Waals surface area contributed by atoms with Crippen molar-refractivity contribution in [1.82, 2.24) is 25.4 Å². The zero-order valence-corrected chi connectivity index (χ0v) is 10.1. The quantitative estimate of drug-likeness (QED) is 0.643. The van der Waals surface area contributed by atoms with E-state index in [1.165, 1.54) is 0 Å². The van der Waals surface area contributed by atoms with Crippen LogP contribution >= 0.6 is 0 Å². The molecule has 8 heteroatoms. The molecule has 1 aliphatic rings. The Kier molecular flexibility index (Phi) is 3.45. The smallest absolute Gasteiger partial charge is 0.288 e. The lowest BCUT2D eigenvalue weighted by Crippen LogP contribution is -2.37. The predicted molar refractivity (Wildman–Crippen MR) is 63.5 cm³/mol. The summed E-state index contributed by atoms with van der Waals surface area (Å²) in [7, 11) is 0. The van der Waals surface area contributed by atoms with Crippen LogP contribution in [0.5, 0.6) is 0 Å². The lowest BCUT2D eigenvalue weighted by atomic mass is 10.2. The number of nitrogens with two attached hydrogens (primary N) is 1. The molecule has 1 fully saturated rings. The highest BCUT2D eigenvalue weighted by molar-refractivity contribution is 5.91. The number of aromatic nitrogens is 3. The molecule has 8 nitrogen and oxygen atoms in total. The molecule has 1 aromatic rings. The summed E-state index contributed by atoms with van der Waals surface area (Å²) in [6, 6.07) is -0.178. The number of carbonyl (C=O) groups is 2. The van der Waals surface area contributed by atoms with Gasteiger partial charge in [-0.05, 0) is 6.42 Å². The van der Waals surface area contributed by atoms with Crippen LogP contribution in [-0.4, -0.2) is 51.0 Å². The van der Waals surface area contributed by atoms with Gasteiger partial charge < -0.3 is 16.0 Å². The number of hydrogen-bond acceptors (Lipinski definition) is 5. The number of nitrogens with zero attached hydrogens (tertiary/aromatic N) is 3. The monoisotopic (exact) mass is 252 g/mol. The third-order valence-corrected chi connectivity index (χ3v) is 2.76. The van der Waals surface area contributed by atoms with E-state index in [0.29, 0.717) is 13.0 Å². The van der Waals surface area contributed by atoms with Gasteiger partial charge in [0.05, 0.1) is 6.04 Å². The van der Waals surface area contributed by atoms with E-state index >= 15 is 0 Å². The molecule has 2 amide bonds. The van der Waals surface area contributed by atoms with Crippen molar-refractivity contribution in [3.63, 3.8) is 0 Å². The Labute approximate surface area is 104 Å². The van der Waals surface area contributed by atoms with E-state index in [1.54, 1.807) is 4.90 Å². The molecule has 1 aromatic heterocycles. The molecule has 1 aliphatic heterocycles. The van der Waals surface area contributed by atoms with Crippen molar-refractivity contribution >= 4 is 17.8 Å². The van der Waals surface area contributed by atoms with Crippen LogP contribution in [0.4, 0.5) is 5.95 Å². The molecule has 0 aromatic carbocycles. The standard InChI is InChI=1S/C10H16N6O2/c1-2-3-16-5-6(4-7(16)17)12-9(18)8-13-10(11)15-14-8/h6H,2-5H2,1H3,(H,12,18)(H3,11,13,14,15)/t6-/m0/s1. The van der Waals surface area contributed by atoms with Gasteiger partial charge in [0.1, 0.15) is 0 Å². The molecule has 0 unspecified atom stereocenters. The van der Waals surface area contributed by atoms with Crippen LogP contribution in [0.25, 0.3) is 0 Å². The summed E-state index contributed by atoms with van der Waals surface area (Å²) in [6.45, 7) is 3.28. The van der Waals surface area contributed by atoms with Gasteiger partial charge in [-0.25, -0.2) is 0 Å². The van der Waals surface area contributed by atoms with Crippen LogP contribution in [0.1, 0.15) is 30.4 Å². The summed E-state index contributed by atoms with van der Waals surface area (Å²) < 4.78 is 0. The first-order valence-electron chi connectivity index (χ1n) is 5.86. The van der Waals surface area contributed by atoms with Crippen LogP contribution in [0.3, 0.4) is 0 Å². The molecule has 98 valence electrons. The summed E-state index contributed by atoms with van der Waals surface area (Å²) in [6.07, 6.45) is 1.24. The second kappa shape index (κ2) is 5.03. The minimum absolute atomic E-state index is 0.0234. The van der Waals surface area contributed by atoms with Crippen molar-refractivity contribution in [3.05, 3.63) is 5.82 Å². The maximum Gasteiger partial charge on any atom is 0.288 e. The Bertz CT molecular complexity index is 457. The summed E-state index contributed by atoms with van der Waals surface area (Å²) in [5.41, 5.74) is 5.31. The van der Waals surface area contributed by atoms with Crippen LogP contribution in [0, 0.1) is 0 Å². The van der Waals surface area contributed by atoms with E-state index < -0.39 is 5.91 Å². The molecule has 0 bridgehead atoms. The molecular formula is C10H16N6O2. The van der Waals surface area contributed by atoms with Gasteiger partial charge in [-0.3, -0.25) is 14.7 Å². The first-order chi connectivity index (χ1) is 8.60. The highest BCUT2D eigenvalue weighted by Gasteiger charge is 2.30. The van der Waals surface area contributed by atoms with Crippen molar-refractivity contribution in [2.24, 2.45) is 0 Å². The van der Waals surface area contributed by atoms with E-state index in [-0.39, 0.29) is 23.7 Å². The van der Waals surface area contributed by atoms with Gasteiger partial charge in [0.25, 0.3) is 5.91 Å². The molecule has 18 heavy (non-hydrogen) atoms. The average Bonchev–Trinajstić information content (AvgIpc) is 2.87. The van der Waals surface area contributed by atoms with E-state index in [1.807, 2.05) is 6.92 Å². The fourth-order valence-corrected chi connectivity index (χ4v) is 1.98. The second-order valence-corrected chi connectivity index (χ2v) is 4.26. The van der Waals surface area contributed by atoms with Gasteiger partial charge in [-0.1, -0.05) is 6.92 Å². The number of carbonyl (C=O) groups excluding carboxylic acids is 2. The molecule has 0 spiro atoms. The lowest BCUT2D eigenvalue weighted by molar-refractivity contribution is -0.127. The Hall–Kier alpha value is -2.12. The Morgan fingerprint density at radius 2 is 2.44 bits per heavy atom. The third-order valence-electron chi connectivity index (χ3n) is 2.76. The molecule has 1 atom stereocenters. The number of amides is 2. The summed E-state index contributed by atoms with van der Waals surface area (Å²) in [5, 5.41) is 8.74. The van der Waals surface area contributed by atoms with Crippen molar-refractivity contribution in [1.29, 1.82) is 0 Å². The topological polar surface area (TPSA) is 117 Å². The maximum absolute atomic E-state index is 11.8. The Morgan fingerprint density at radius 3 is 3.06 bits per heavy atom.